The zero-order chi connectivity index (χ0) is 16.9. The number of nitrogens with one attached hydrogen (secondary N) is 1. The minimum absolute atomic E-state index is 0.0188. The lowest BCUT2D eigenvalue weighted by Gasteiger charge is -2.28. The van der Waals surface area contributed by atoms with E-state index in [0.29, 0.717) is 0 Å². The van der Waals surface area contributed by atoms with E-state index in [2.05, 4.69) is 4.52 Å². The summed E-state index contributed by atoms with van der Waals surface area (Å²) in [6, 6.07) is 0.997. The molecule has 5 N–H and O–H groups in total. The Hall–Kier alpha value is -1.37. The number of H-pyrrole nitrogens is 1. The van der Waals surface area contributed by atoms with Crippen LogP contribution in [0.4, 0.5) is 0 Å². The fourth-order valence-electron chi connectivity index (χ4n) is 2.56. The number of aliphatic hydroxyl groups excluding tert-OH is 2. The van der Waals surface area contributed by atoms with E-state index < -0.39 is 56.5 Å². The summed E-state index contributed by atoms with van der Waals surface area (Å²) in [6.45, 7) is -0.431. The van der Waals surface area contributed by atoms with E-state index in [-0.39, 0.29) is 5.69 Å². The number of nitrogens with zero attached hydrogens (tertiary/aromatic N) is 1. The first-order valence-corrected chi connectivity index (χ1v) is 7.92. The summed E-state index contributed by atoms with van der Waals surface area (Å²) in [4.78, 5) is 43.1. The number of aliphatic hydroxyl groups is 2. The third-order valence-corrected chi connectivity index (χ3v) is 3.97. The van der Waals surface area contributed by atoms with E-state index in [9.17, 15) is 24.4 Å². The molecule has 2 aliphatic heterocycles. The fraction of sp³-hybridized carbons (Fsp3) is 0.600. The minimum Gasteiger partial charge on any atom is -0.387 e. The van der Waals surface area contributed by atoms with Gasteiger partial charge in [-0.25, -0.2) is 9.36 Å². The Balaban J connectivity index is 2.07. The molecule has 12 nitrogen and oxygen atoms in total. The van der Waals surface area contributed by atoms with Gasteiger partial charge in [-0.2, -0.15) is 0 Å². The lowest BCUT2D eigenvalue weighted by atomic mass is 10.1. The van der Waals surface area contributed by atoms with E-state index >= 15 is 0 Å². The average molecular weight is 352 g/mol. The first-order chi connectivity index (χ1) is 10.7. The molecule has 3 heterocycles. The zero-order valence-electron chi connectivity index (χ0n) is 11.3. The Labute approximate surface area is 127 Å². The van der Waals surface area contributed by atoms with Gasteiger partial charge in [0, 0.05) is 6.07 Å². The normalized spacial score (nSPS) is 33.8. The number of ether oxygens (including phenoxy) is 2. The van der Waals surface area contributed by atoms with Gasteiger partial charge in [0.1, 0.15) is 18.3 Å². The van der Waals surface area contributed by atoms with Crippen molar-refractivity contribution in [3.63, 3.8) is 0 Å². The summed E-state index contributed by atoms with van der Waals surface area (Å²) in [6.07, 6.45) is -7.78. The Bertz CT molecular complexity index is 768. The maximum Gasteiger partial charge on any atom is 0.472 e. The number of hydrogen-bond acceptors (Lipinski definition) is 8. The van der Waals surface area contributed by atoms with Crippen LogP contribution >= 0.6 is 7.82 Å². The van der Waals surface area contributed by atoms with Gasteiger partial charge < -0.3 is 29.5 Å². The third kappa shape index (κ3) is 3.03. The quantitative estimate of drug-likeness (QED) is 0.347. The van der Waals surface area contributed by atoms with Crippen molar-refractivity contribution in [2.75, 3.05) is 0 Å². The first-order valence-electron chi connectivity index (χ1n) is 6.39. The highest BCUT2D eigenvalue weighted by Gasteiger charge is 2.51. The van der Waals surface area contributed by atoms with Crippen LogP contribution < -0.4 is 11.2 Å². The molecule has 1 unspecified atom stereocenters. The van der Waals surface area contributed by atoms with Gasteiger partial charge in [0.15, 0.2) is 12.5 Å². The molecular weight excluding hydrogens is 339 g/mol. The summed E-state index contributed by atoms with van der Waals surface area (Å²) < 4.78 is 26.7. The van der Waals surface area contributed by atoms with Crippen LogP contribution in [0, 0.1) is 0 Å². The second-order valence-corrected chi connectivity index (χ2v) is 6.24. The number of phosphoric ester groups is 1. The number of phosphoric acid groups is 1. The van der Waals surface area contributed by atoms with E-state index in [1.165, 1.54) is 0 Å². The number of fused-ring (bicyclic) bond motifs is 4. The molecule has 3 rings (SSSR count). The molecule has 0 spiro atoms. The molecule has 0 radical (unpaired) electrons. The van der Waals surface area contributed by atoms with Gasteiger partial charge in [-0.1, -0.05) is 0 Å². The Kier molecular flexibility index (Phi) is 4.02. The van der Waals surface area contributed by atoms with Crippen molar-refractivity contribution in [3.8, 4) is 0 Å². The predicted octanol–water partition coefficient (Wildman–Crippen LogP) is -2.88. The summed E-state index contributed by atoms with van der Waals surface area (Å²) in [7, 11) is -4.98. The van der Waals surface area contributed by atoms with Gasteiger partial charge >= 0.3 is 13.5 Å². The highest BCUT2D eigenvalue weighted by Crippen LogP contribution is 2.42. The van der Waals surface area contributed by atoms with Crippen molar-refractivity contribution in [1.29, 1.82) is 0 Å². The predicted molar refractivity (Wildman–Crippen MR) is 69.0 cm³/mol. The van der Waals surface area contributed by atoms with Gasteiger partial charge in [-0.05, 0) is 0 Å². The lowest BCUT2D eigenvalue weighted by molar-refractivity contribution is -0.203. The Morgan fingerprint density at radius 1 is 1.30 bits per heavy atom. The molecule has 23 heavy (non-hydrogen) atoms. The second-order valence-electron chi connectivity index (χ2n) is 5.05. The molecule has 0 amide bonds. The van der Waals surface area contributed by atoms with Crippen molar-refractivity contribution in [3.05, 3.63) is 32.6 Å². The standard InChI is InChI=1S/C10H13N2O10P/c13-4-1-3-2-20-9(22-23(17,18)19)7-5(14)6(15)8(21-7)12(3)10(16)11-4/h1,5-9,14-15H,2H2,(H,11,13,16)(H2,17,18,19)/t5-,6+,7+,8+,9?/m0/s1. The van der Waals surface area contributed by atoms with Crippen molar-refractivity contribution >= 4 is 7.82 Å². The highest BCUT2D eigenvalue weighted by atomic mass is 31.2. The molecule has 1 saturated heterocycles. The van der Waals surface area contributed by atoms with Gasteiger partial charge in [0.05, 0.1) is 12.3 Å². The fourth-order valence-corrected chi connectivity index (χ4v) is 3.01. The maximum absolute atomic E-state index is 11.9. The molecule has 2 aliphatic rings. The van der Waals surface area contributed by atoms with Gasteiger partial charge in [0.25, 0.3) is 5.56 Å². The van der Waals surface area contributed by atoms with E-state index in [1.807, 2.05) is 4.98 Å². The molecule has 1 aromatic rings. The van der Waals surface area contributed by atoms with E-state index in [1.54, 1.807) is 0 Å². The molecule has 128 valence electrons. The van der Waals surface area contributed by atoms with Gasteiger partial charge in [-0.3, -0.25) is 18.9 Å². The number of hydrogen-bond donors (Lipinski definition) is 5. The Morgan fingerprint density at radius 2 is 2.00 bits per heavy atom. The van der Waals surface area contributed by atoms with Crippen LogP contribution in [0.3, 0.4) is 0 Å². The van der Waals surface area contributed by atoms with E-state index in [0.717, 1.165) is 10.6 Å². The number of aromatic nitrogens is 2. The van der Waals surface area contributed by atoms with Crippen LogP contribution in [0.25, 0.3) is 0 Å². The SMILES string of the molecule is O=c1cc2n(c(=O)[nH]1)[C@@H]1O[C@@H](C(OP(=O)(O)O)OC2)[C@@H](O)[C@H]1O. The summed E-state index contributed by atoms with van der Waals surface area (Å²) in [5.41, 5.74) is -1.64. The summed E-state index contributed by atoms with van der Waals surface area (Å²) in [5.74, 6) is 0. The molecule has 13 heteroatoms. The van der Waals surface area contributed by atoms with Crippen molar-refractivity contribution in [2.24, 2.45) is 0 Å². The molecular formula is C10H13N2O10P. The number of rotatable bonds is 2. The highest BCUT2D eigenvalue weighted by molar-refractivity contribution is 7.46. The molecule has 1 aromatic heterocycles. The summed E-state index contributed by atoms with van der Waals surface area (Å²) >= 11 is 0. The van der Waals surface area contributed by atoms with Gasteiger partial charge in [0.2, 0.25) is 0 Å². The smallest absolute Gasteiger partial charge is 0.387 e. The van der Waals surface area contributed by atoms with Crippen LogP contribution in [0.1, 0.15) is 11.9 Å². The topological polar surface area (TPSA) is 181 Å². The average Bonchev–Trinajstić information content (AvgIpc) is 2.69. The largest absolute Gasteiger partial charge is 0.472 e. The van der Waals surface area contributed by atoms with Crippen LogP contribution in [0.5, 0.6) is 0 Å². The van der Waals surface area contributed by atoms with Crippen LogP contribution in [-0.2, 0) is 25.2 Å². The molecule has 5 atom stereocenters. The second kappa shape index (κ2) is 5.61. The van der Waals surface area contributed by atoms with Crippen molar-refractivity contribution < 1.29 is 38.6 Å². The molecule has 0 aromatic carbocycles. The van der Waals surface area contributed by atoms with Crippen LogP contribution in [0.2, 0.25) is 0 Å². The minimum atomic E-state index is -4.98. The molecule has 0 aliphatic carbocycles. The van der Waals surface area contributed by atoms with Crippen molar-refractivity contribution in [2.45, 2.75) is 37.4 Å². The van der Waals surface area contributed by atoms with Crippen molar-refractivity contribution in [1.82, 2.24) is 9.55 Å². The Morgan fingerprint density at radius 3 is 2.65 bits per heavy atom. The molecule has 2 bridgehead atoms. The lowest BCUT2D eigenvalue weighted by Crippen LogP contribution is -2.41. The molecule has 1 fully saturated rings. The maximum atomic E-state index is 11.9. The first kappa shape index (κ1) is 16.5. The van der Waals surface area contributed by atoms with E-state index in [4.69, 9.17) is 19.3 Å². The summed E-state index contributed by atoms with van der Waals surface area (Å²) in [5, 5.41) is 20.0. The monoisotopic (exact) mass is 352 g/mol. The van der Waals surface area contributed by atoms with Gasteiger partial charge in [-0.15, -0.1) is 0 Å². The zero-order valence-corrected chi connectivity index (χ0v) is 12.2. The molecule has 0 saturated carbocycles. The third-order valence-electron chi connectivity index (χ3n) is 3.49. The van der Waals surface area contributed by atoms with Crippen LogP contribution in [-0.4, -0.2) is 54.2 Å². The number of aromatic amines is 1. The van der Waals surface area contributed by atoms with Crippen LogP contribution in [0.15, 0.2) is 15.7 Å².